The van der Waals surface area contributed by atoms with Crippen LogP contribution < -0.4 is 11.3 Å². The van der Waals surface area contributed by atoms with E-state index in [4.69, 9.17) is 5.84 Å². The number of rotatable bonds is 4. The third kappa shape index (κ3) is 2.80. The molecule has 84 valence electrons. The second kappa shape index (κ2) is 5.29. The molecule has 0 aliphatic rings. The lowest BCUT2D eigenvalue weighted by atomic mass is 9.92. The second-order valence-electron chi connectivity index (χ2n) is 4.32. The lowest BCUT2D eigenvalue weighted by molar-refractivity contribution is 0.506. The van der Waals surface area contributed by atoms with Gasteiger partial charge in [0.25, 0.3) is 0 Å². The summed E-state index contributed by atoms with van der Waals surface area (Å²) in [4.78, 5) is 0. The highest BCUT2D eigenvalue weighted by molar-refractivity contribution is 5.39. The Bertz CT molecular complexity index is 308. The van der Waals surface area contributed by atoms with Crippen LogP contribution in [0.15, 0.2) is 12.1 Å². The molecule has 0 saturated heterocycles. The Balaban J connectivity index is 3.11. The van der Waals surface area contributed by atoms with E-state index < -0.39 is 0 Å². The van der Waals surface area contributed by atoms with Crippen molar-refractivity contribution in [3.8, 4) is 0 Å². The van der Waals surface area contributed by atoms with Gasteiger partial charge < -0.3 is 0 Å². The zero-order chi connectivity index (χ0) is 11.4. The number of hydrogen-bond acceptors (Lipinski definition) is 2. The van der Waals surface area contributed by atoms with E-state index >= 15 is 0 Å². The molecule has 1 unspecified atom stereocenters. The van der Waals surface area contributed by atoms with Crippen LogP contribution in [0.5, 0.6) is 0 Å². The molecule has 0 aliphatic heterocycles. The van der Waals surface area contributed by atoms with Crippen LogP contribution in [0, 0.1) is 20.8 Å². The van der Waals surface area contributed by atoms with Crippen molar-refractivity contribution in [1.29, 1.82) is 0 Å². The predicted octanol–water partition coefficient (Wildman–Crippen LogP) is 2.92. The fourth-order valence-electron chi connectivity index (χ4n) is 2.34. The van der Waals surface area contributed by atoms with Gasteiger partial charge in [0.2, 0.25) is 0 Å². The first-order chi connectivity index (χ1) is 7.10. The number of benzene rings is 1. The second-order valence-corrected chi connectivity index (χ2v) is 4.32. The van der Waals surface area contributed by atoms with Gasteiger partial charge in [0, 0.05) is 6.04 Å². The molecule has 0 aliphatic carbocycles. The van der Waals surface area contributed by atoms with Gasteiger partial charge in [0.1, 0.15) is 0 Å². The van der Waals surface area contributed by atoms with Crippen molar-refractivity contribution in [3.05, 3.63) is 34.4 Å². The summed E-state index contributed by atoms with van der Waals surface area (Å²) in [5.74, 6) is 5.62. The van der Waals surface area contributed by atoms with Gasteiger partial charge in [-0.15, -0.1) is 0 Å². The monoisotopic (exact) mass is 206 g/mol. The van der Waals surface area contributed by atoms with Crippen molar-refractivity contribution in [2.45, 2.75) is 46.6 Å². The minimum Gasteiger partial charge on any atom is -0.271 e. The maximum atomic E-state index is 5.62. The van der Waals surface area contributed by atoms with Crippen LogP contribution in [0.1, 0.15) is 48.1 Å². The number of nitrogens with two attached hydrogens (primary N) is 1. The van der Waals surface area contributed by atoms with Gasteiger partial charge in [-0.05, 0) is 43.9 Å². The molecule has 0 aromatic heterocycles. The molecule has 1 atom stereocenters. The predicted molar refractivity (Wildman–Crippen MR) is 65.6 cm³/mol. The van der Waals surface area contributed by atoms with Crippen molar-refractivity contribution in [3.63, 3.8) is 0 Å². The molecule has 0 saturated carbocycles. The molecule has 2 nitrogen and oxygen atoms in total. The molecule has 1 aromatic carbocycles. The van der Waals surface area contributed by atoms with E-state index in [-0.39, 0.29) is 6.04 Å². The number of aryl methyl sites for hydroxylation is 3. The summed E-state index contributed by atoms with van der Waals surface area (Å²) in [5, 5.41) is 0. The molecule has 1 rings (SSSR count). The minimum atomic E-state index is 0.288. The topological polar surface area (TPSA) is 38.0 Å². The molecule has 0 heterocycles. The Morgan fingerprint density at radius 2 is 1.73 bits per heavy atom. The number of hydrogen-bond donors (Lipinski definition) is 2. The summed E-state index contributed by atoms with van der Waals surface area (Å²) < 4.78 is 0. The average molecular weight is 206 g/mol. The summed E-state index contributed by atoms with van der Waals surface area (Å²) >= 11 is 0. The molecule has 2 heteroatoms. The van der Waals surface area contributed by atoms with Crippen molar-refractivity contribution >= 4 is 0 Å². The van der Waals surface area contributed by atoms with E-state index in [0.717, 1.165) is 12.8 Å². The highest BCUT2D eigenvalue weighted by Gasteiger charge is 2.13. The van der Waals surface area contributed by atoms with Crippen LogP contribution in [-0.2, 0) is 0 Å². The van der Waals surface area contributed by atoms with Gasteiger partial charge in [-0.25, -0.2) is 0 Å². The van der Waals surface area contributed by atoms with Crippen LogP contribution >= 0.6 is 0 Å². The van der Waals surface area contributed by atoms with E-state index in [1.807, 2.05) is 0 Å². The van der Waals surface area contributed by atoms with Gasteiger partial charge in [0.05, 0.1) is 0 Å². The largest absolute Gasteiger partial charge is 0.271 e. The highest BCUT2D eigenvalue weighted by Crippen LogP contribution is 2.26. The average Bonchev–Trinajstić information content (AvgIpc) is 2.14. The van der Waals surface area contributed by atoms with Gasteiger partial charge >= 0.3 is 0 Å². The zero-order valence-electron chi connectivity index (χ0n) is 10.2. The van der Waals surface area contributed by atoms with E-state index in [1.54, 1.807) is 0 Å². The van der Waals surface area contributed by atoms with E-state index in [2.05, 4.69) is 45.3 Å². The SMILES string of the molecule is CCCC(NN)c1c(C)cc(C)cc1C. The van der Waals surface area contributed by atoms with Crippen LogP contribution in [-0.4, -0.2) is 0 Å². The van der Waals surface area contributed by atoms with Crippen molar-refractivity contribution in [2.24, 2.45) is 5.84 Å². The van der Waals surface area contributed by atoms with E-state index in [0.29, 0.717) is 0 Å². The summed E-state index contributed by atoms with van der Waals surface area (Å²) in [5.41, 5.74) is 8.28. The number of hydrazine groups is 1. The molecule has 3 N–H and O–H groups in total. The minimum absolute atomic E-state index is 0.288. The fraction of sp³-hybridized carbons (Fsp3) is 0.538. The maximum Gasteiger partial charge on any atom is 0.0465 e. The van der Waals surface area contributed by atoms with Gasteiger partial charge in [-0.2, -0.15) is 0 Å². The Hall–Kier alpha value is -0.860. The Morgan fingerprint density at radius 3 is 2.13 bits per heavy atom. The summed E-state index contributed by atoms with van der Waals surface area (Å²) in [6, 6.07) is 4.74. The highest BCUT2D eigenvalue weighted by atomic mass is 15.2. The zero-order valence-corrected chi connectivity index (χ0v) is 10.2. The van der Waals surface area contributed by atoms with E-state index in [9.17, 15) is 0 Å². The fourth-order valence-corrected chi connectivity index (χ4v) is 2.34. The van der Waals surface area contributed by atoms with Crippen LogP contribution in [0.3, 0.4) is 0 Å². The van der Waals surface area contributed by atoms with Gasteiger partial charge in [0.15, 0.2) is 0 Å². The lowest BCUT2D eigenvalue weighted by Crippen LogP contribution is -2.29. The van der Waals surface area contributed by atoms with Gasteiger partial charge in [-0.3, -0.25) is 11.3 Å². The van der Waals surface area contributed by atoms with Crippen LogP contribution in [0.25, 0.3) is 0 Å². The Labute approximate surface area is 92.8 Å². The first kappa shape index (κ1) is 12.2. The first-order valence-corrected chi connectivity index (χ1v) is 5.64. The molecule has 0 amide bonds. The maximum absolute atomic E-state index is 5.62. The molecule has 0 bridgehead atoms. The van der Waals surface area contributed by atoms with Crippen LogP contribution in [0.4, 0.5) is 0 Å². The van der Waals surface area contributed by atoms with Crippen molar-refractivity contribution < 1.29 is 0 Å². The Morgan fingerprint density at radius 1 is 1.20 bits per heavy atom. The summed E-state index contributed by atoms with van der Waals surface area (Å²) in [6.45, 7) is 8.64. The quantitative estimate of drug-likeness (QED) is 0.587. The number of nitrogens with one attached hydrogen (secondary N) is 1. The molecule has 15 heavy (non-hydrogen) atoms. The smallest absolute Gasteiger partial charge is 0.0465 e. The molecule has 0 radical (unpaired) electrons. The van der Waals surface area contributed by atoms with Gasteiger partial charge in [-0.1, -0.05) is 31.0 Å². The molecular formula is C13H22N2. The third-order valence-corrected chi connectivity index (χ3v) is 2.87. The summed E-state index contributed by atoms with van der Waals surface area (Å²) in [6.07, 6.45) is 2.23. The van der Waals surface area contributed by atoms with Crippen molar-refractivity contribution in [1.82, 2.24) is 5.43 Å². The van der Waals surface area contributed by atoms with Crippen molar-refractivity contribution in [2.75, 3.05) is 0 Å². The standard InChI is InChI=1S/C13H22N2/c1-5-6-12(15-14)13-10(3)7-9(2)8-11(13)4/h7-8,12,15H,5-6,14H2,1-4H3. The lowest BCUT2D eigenvalue weighted by Gasteiger charge is -2.21. The first-order valence-electron chi connectivity index (χ1n) is 5.64. The van der Waals surface area contributed by atoms with E-state index in [1.165, 1.54) is 22.3 Å². The Kier molecular flexibility index (Phi) is 4.30. The van der Waals surface area contributed by atoms with Crippen LogP contribution in [0.2, 0.25) is 0 Å². The molecular weight excluding hydrogens is 184 g/mol. The molecule has 0 fully saturated rings. The molecule has 0 spiro atoms. The third-order valence-electron chi connectivity index (χ3n) is 2.87. The molecule has 1 aromatic rings. The normalized spacial score (nSPS) is 12.9. The summed E-state index contributed by atoms with van der Waals surface area (Å²) in [7, 11) is 0.